The molecule has 1 aliphatic heterocycles. The fourth-order valence-corrected chi connectivity index (χ4v) is 1.96. The highest BCUT2D eigenvalue weighted by Crippen LogP contribution is 2.26. The molecule has 0 spiro atoms. The summed E-state index contributed by atoms with van der Waals surface area (Å²) in [4.78, 5) is 1.20. The van der Waals surface area contributed by atoms with Gasteiger partial charge in [-0.3, -0.25) is 0 Å². The highest BCUT2D eigenvalue weighted by Gasteiger charge is 2.21. The largest absolute Gasteiger partial charge is 0.472 e. The van der Waals surface area contributed by atoms with E-state index in [0.29, 0.717) is 11.7 Å². The number of aromatic nitrogens is 2. The van der Waals surface area contributed by atoms with E-state index in [0.717, 1.165) is 0 Å². The smallest absolute Gasteiger partial charge is 0.270 e. The van der Waals surface area contributed by atoms with Crippen LogP contribution in [0.1, 0.15) is 38.4 Å². The summed E-state index contributed by atoms with van der Waals surface area (Å²) in [6.07, 6.45) is -1.58. The molecule has 8 heteroatoms. The number of ether oxygens (including phenoxy) is 2. The second-order valence-corrected chi connectivity index (χ2v) is 4.76. The van der Waals surface area contributed by atoms with Gasteiger partial charge in [-0.25, -0.2) is 0 Å². The highest BCUT2D eigenvalue weighted by atomic mass is 32.1. The molecule has 0 bridgehead atoms. The van der Waals surface area contributed by atoms with Crippen LogP contribution in [0.3, 0.4) is 0 Å². The fourth-order valence-electron chi connectivity index (χ4n) is 1.44. The molecule has 0 radical (unpaired) electrons. The lowest BCUT2D eigenvalue weighted by atomic mass is 10.1. The molecule has 2 heterocycles. The number of aliphatic hydroxyl groups excluding tert-OH is 1. The van der Waals surface area contributed by atoms with Gasteiger partial charge in [-0.1, -0.05) is 0 Å². The number of nitrogens with one attached hydrogen (secondary N) is 1. The van der Waals surface area contributed by atoms with Gasteiger partial charge in [0.05, 0.1) is 30.3 Å². The van der Waals surface area contributed by atoms with E-state index in [4.69, 9.17) is 27.3 Å². The molecule has 1 aliphatic rings. The maximum atomic E-state index is 10.2. The molecule has 0 aliphatic carbocycles. The molecule has 1 aromatic heterocycles. The van der Waals surface area contributed by atoms with Crippen LogP contribution in [0.5, 0.6) is 5.88 Å². The fraction of sp³-hybridized carbons (Fsp3) is 0.846. The van der Waals surface area contributed by atoms with Crippen LogP contribution in [0, 0.1) is 0 Å². The van der Waals surface area contributed by atoms with Crippen molar-refractivity contribution in [1.29, 1.82) is 0 Å². The number of aliphatic hydroxyl groups is 1. The average Bonchev–Trinajstić information content (AvgIpc) is 3.02. The molecule has 2 rings (SSSR count). The van der Waals surface area contributed by atoms with E-state index in [9.17, 15) is 5.11 Å². The Hall–Kier alpha value is -0.960. The van der Waals surface area contributed by atoms with Crippen molar-refractivity contribution in [3.05, 3.63) is 0 Å². The Morgan fingerprint density at radius 3 is 3.00 bits per heavy atom. The van der Waals surface area contributed by atoms with Gasteiger partial charge in [-0.15, -0.1) is 4.37 Å². The average molecular weight is 330 g/mol. The molecule has 0 aromatic carbocycles. The van der Waals surface area contributed by atoms with E-state index in [2.05, 4.69) is 8.75 Å². The van der Waals surface area contributed by atoms with Crippen LogP contribution >= 0.6 is 11.7 Å². The standard InChI is InChI=1S/C13H24N4O3S/c1-13(2,3)14-8-10(18)9-20-12-11(15-21-16-12)17-4-6-19-7-5-17/h10,14,18H,4-9H2,1-3H3/t10-/m0/s1/i1D3,2D3,3D3,6D2,7D2. The van der Waals surface area contributed by atoms with E-state index in [1.807, 2.05) is 5.32 Å². The molecule has 120 valence electrons. The van der Waals surface area contributed by atoms with Crippen molar-refractivity contribution in [2.24, 2.45) is 0 Å². The van der Waals surface area contributed by atoms with Crippen LogP contribution in [-0.2, 0) is 4.74 Å². The molecule has 0 amide bonds. The molecule has 0 saturated carbocycles. The zero-order valence-corrected chi connectivity index (χ0v) is 11.7. The summed E-state index contributed by atoms with van der Waals surface area (Å²) < 4.78 is 117. The minimum absolute atomic E-state index is 0.0250. The Kier molecular flexibility index (Phi) is 2.19. The van der Waals surface area contributed by atoms with Crippen LogP contribution in [0.15, 0.2) is 0 Å². The topological polar surface area (TPSA) is 79.7 Å². The highest BCUT2D eigenvalue weighted by molar-refractivity contribution is 6.99. The Balaban J connectivity index is 2.12. The lowest BCUT2D eigenvalue weighted by Crippen LogP contribution is -2.42. The first-order chi connectivity index (χ1) is 15.1. The Bertz CT molecular complexity index is 789. The predicted octanol–water partition coefficient (Wildman–Crippen LogP) is 0.502. The van der Waals surface area contributed by atoms with Crippen molar-refractivity contribution in [2.45, 2.75) is 32.2 Å². The van der Waals surface area contributed by atoms with Crippen LogP contribution in [0.2, 0.25) is 0 Å². The number of hydrogen-bond acceptors (Lipinski definition) is 8. The van der Waals surface area contributed by atoms with E-state index >= 15 is 0 Å². The number of β-amino-alcohol motifs (C(OH)–C–C–N with tert-alkyl or cyclic N) is 1. The van der Waals surface area contributed by atoms with Gasteiger partial charge in [0.1, 0.15) is 12.7 Å². The second kappa shape index (κ2) is 7.35. The van der Waals surface area contributed by atoms with E-state index < -0.39 is 71.6 Å². The third-order valence-corrected chi connectivity index (χ3v) is 2.91. The molecule has 7 nitrogen and oxygen atoms in total. The Morgan fingerprint density at radius 1 is 1.52 bits per heavy atom. The molecule has 0 unspecified atom stereocenters. The summed E-state index contributed by atoms with van der Waals surface area (Å²) >= 11 is 0.667. The van der Waals surface area contributed by atoms with Gasteiger partial charge in [0.15, 0.2) is 0 Å². The molecule has 2 N–H and O–H groups in total. The van der Waals surface area contributed by atoms with Crippen molar-refractivity contribution in [1.82, 2.24) is 14.1 Å². The molecule has 1 atom stereocenters. The summed E-state index contributed by atoms with van der Waals surface area (Å²) in [5.41, 5.74) is -3.31. The number of anilines is 1. The lowest BCUT2D eigenvalue weighted by molar-refractivity contribution is 0.0975. The molecule has 1 aromatic rings. The Labute approximate surface area is 147 Å². The molecular formula is C13H24N4O3S. The van der Waals surface area contributed by atoms with Gasteiger partial charge >= 0.3 is 0 Å². The number of hydrogen-bond donors (Lipinski definition) is 2. The zero-order chi connectivity index (χ0) is 26.4. The van der Waals surface area contributed by atoms with Gasteiger partial charge < -0.3 is 24.8 Å². The monoisotopic (exact) mass is 329 g/mol. The van der Waals surface area contributed by atoms with Crippen molar-refractivity contribution in [3.63, 3.8) is 0 Å². The van der Waals surface area contributed by atoms with Gasteiger partial charge in [-0.05, 0) is 20.6 Å². The van der Waals surface area contributed by atoms with Crippen molar-refractivity contribution in [3.8, 4) is 5.88 Å². The molecule has 1 fully saturated rings. The third kappa shape index (κ3) is 5.39. The maximum Gasteiger partial charge on any atom is 0.270 e. The summed E-state index contributed by atoms with van der Waals surface area (Å²) in [6.45, 7) is -17.3. The molecular weight excluding hydrogens is 292 g/mol. The van der Waals surface area contributed by atoms with Gasteiger partial charge in [0.25, 0.3) is 5.88 Å². The van der Waals surface area contributed by atoms with Crippen molar-refractivity contribution < 1.29 is 32.4 Å². The SMILES string of the molecule is [2H]C1([2H])CN(c2nsnc2OC[C@@H](O)CNC(C([2H])([2H])[2H])(C([2H])([2H])[2H])C([2H])([2H])[2H])CC([2H])([2H])O1. The number of nitrogens with zero attached hydrogens (tertiary/aromatic N) is 3. The lowest BCUT2D eigenvalue weighted by Gasteiger charge is -2.27. The van der Waals surface area contributed by atoms with Gasteiger partial charge in [0, 0.05) is 37.5 Å². The first-order valence-corrected chi connectivity index (χ1v) is 6.69. The third-order valence-electron chi connectivity index (χ3n) is 2.41. The van der Waals surface area contributed by atoms with E-state index in [-0.39, 0.29) is 11.7 Å². The summed E-state index contributed by atoms with van der Waals surface area (Å²) in [7, 11) is 0. The van der Waals surface area contributed by atoms with Gasteiger partial charge in [-0.2, -0.15) is 4.37 Å². The van der Waals surface area contributed by atoms with Crippen LogP contribution in [0.4, 0.5) is 5.82 Å². The summed E-state index contributed by atoms with van der Waals surface area (Å²) in [5, 5.41) is 12.2. The number of morpholine rings is 1. The summed E-state index contributed by atoms with van der Waals surface area (Å²) in [5.74, 6) is -0.214. The van der Waals surface area contributed by atoms with Crippen molar-refractivity contribution >= 4 is 17.5 Å². The van der Waals surface area contributed by atoms with E-state index in [1.165, 1.54) is 4.90 Å². The normalized spacial score (nSPS) is 33.6. The quantitative estimate of drug-likeness (QED) is 0.787. The first kappa shape index (κ1) is 6.27. The van der Waals surface area contributed by atoms with Crippen molar-refractivity contribution in [2.75, 3.05) is 44.3 Å². The molecule has 21 heavy (non-hydrogen) atoms. The Morgan fingerprint density at radius 2 is 2.29 bits per heavy atom. The zero-order valence-electron chi connectivity index (χ0n) is 23.9. The number of rotatable bonds is 6. The molecule has 1 saturated heterocycles. The minimum Gasteiger partial charge on any atom is -0.472 e. The summed E-state index contributed by atoms with van der Waals surface area (Å²) in [6, 6.07) is 0. The minimum atomic E-state index is -3.48. The van der Waals surface area contributed by atoms with Crippen LogP contribution in [0.25, 0.3) is 0 Å². The van der Waals surface area contributed by atoms with Crippen LogP contribution < -0.4 is 15.0 Å². The first-order valence-electron chi connectivity index (χ1n) is 12.5. The van der Waals surface area contributed by atoms with Gasteiger partial charge in [0.2, 0.25) is 5.82 Å². The predicted molar refractivity (Wildman–Crippen MR) is 82.2 cm³/mol. The maximum absolute atomic E-state index is 10.2. The van der Waals surface area contributed by atoms with Crippen LogP contribution in [-0.4, -0.2) is 64.9 Å². The van der Waals surface area contributed by atoms with E-state index in [1.54, 1.807) is 0 Å². The second-order valence-electron chi connectivity index (χ2n) is 4.24.